The van der Waals surface area contributed by atoms with E-state index in [0.29, 0.717) is 0 Å². The maximum Gasteiger partial charge on any atom is 0.0856 e. The van der Waals surface area contributed by atoms with Crippen molar-refractivity contribution in [3.8, 4) is 0 Å². The molecule has 0 spiro atoms. The minimum absolute atomic E-state index is 0.928. The van der Waals surface area contributed by atoms with Crippen molar-refractivity contribution in [2.75, 3.05) is 14.1 Å². The van der Waals surface area contributed by atoms with Gasteiger partial charge in [-0.15, -0.1) is 0 Å². The van der Waals surface area contributed by atoms with Crippen molar-refractivity contribution >= 4 is 5.70 Å². The van der Waals surface area contributed by atoms with Gasteiger partial charge in [0.15, 0.2) is 0 Å². The van der Waals surface area contributed by atoms with E-state index in [9.17, 15) is 0 Å². The van der Waals surface area contributed by atoms with Crippen LogP contribution >= 0.6 is 0 Å². The number of aromatic nitrogens is 1. The Balaban J connectivity index is 2.86. The van der Waals surface area contributed by atoms with E-state index >= 15 is 0 Å². The second-order valence-electron chi connectivity index (χ2n) is 2.56. The SMILES string of the molecule is C=C(c1ccccn1)N(C)C. The standard InChI is InChI=1S/C9H12N2/c1-8(11(2)3)9-6-4-5-7-10-9/h4-7H,1H2,2-3H3. The maximum atomic E-state index is 4.16. The molecule has 0 bridgehead atoms. The summed E-state index contributed by atoms with van der Waals surface area (Å²) in [7, 11) is 3.91. The molecular weight excluding hydrogens is 136 g/mol. The highest BCUT2D eigenvalue weighted by Crippen LogP contribution is 2.09. The van der Waals surface area contributed by atoms with Gasteiger partial charge in [0.25, 0.3) is 0 Å². The fourth-order valence-electron chi connectivity index (χ4n) is 0.763. The number of hydrogen-bond acceptors (Lipinski definition) is 2. The fraction of sp³-hybridized carbons (Fsp3) is 0.222. The van der Waals surface area contributed by atoms with Crippen LogP contribution in [0.4, 0.5) is 0 Å². The average molecular weight is 148 g/mol. The first-order chi connectivity index (χ1) is 5.22. The van der Waals surface area contributed by atoms with Crippen molar-refractivity contribution in [1.82, 2.24) is 9.88 Å². The summed E-state index contributed by atoms with van der Waals surface area (Å²) in [6, 6.07) is 5.80. The number of hydrogen-bond donors (Lipinski definition) is 0. The van der Waals surface area contributed by atoms with Crippen molar-refractivity contribution in [2.45, 2.75) is 0 Å². The Morgan fingerprint density at radius 1 is 1.45 bits per heavy atom. The van der Waals surface area contributed by atoms with Gasteiger partial charge in [-0.05, 0) is 12.1 Å². The Morgan fingerprint density at radius 2 is 2.18 bits per heavy atom. The third-order valence-electron chi connectivity index (χ3n) is 1.50. The van der Waals surface area contributed by atoms with E-state index < -0.39 is 0 Å². The average Bonchev–Trinajstić information content (AvgIpc) is 2.05. The number of pyridine rings is 1. The lowest BCUT2D eigenvalue weighted by atomic mass is 10.3. The van der Waals surface area contributed by atoms with Gasteiger partial charge in [0.05, 0.1) is 11.4 Å². The summed E-state index contributed by atoms with van der Waals surface area (Å²) in [5, 5.41) is 0. The van der Waals surface area contributed by atoms with Gasteiger partial charge in [0.2, 0.25) is 0 Å². The molecule has 11 heavy (non-hydrogen) atoms. The third kappa shape index (κ3) is 1.80. The van der Waals surface area contributed by atoms with E-state index in [1.165, 1.54) is 0 Å². The summed E-state index contributed by atoms with van der Waals surface area (Å²) in [5.74, 6) is 0. The molecule has 58 valence electrons. The Labute approximate surface area is 67.2 Å². The molecule has 2 heteroatoms. The molecule has 0 aliphatic heterocycles. The quantitative estimate of drug-likeness (QED) is 0.633. The predicted octanol–water partition coefficient (Wildman–Crippen LogP) is 1.61. The monoisotopic (exact) mass is 148 g/mol. The minimum atomic E-state index is 0.928. The van der Waals surface area contributed by atoms with Crippen LogP contribution in [0.5, 0.6) is 0 Å². The van der Waals surface area contributed by atoms with Crippen molar-refractivity contribution in [1.29, 1.82) is 0 Å². The van der Waals surface area contributed by atoms with Gasteiger partial charge in [-0.25, -0.2) is 0 Å². The molecule has 0 N–H and O–H groups in total. The Bertz CT molecular complexity index is 239. The first kappa shape index (κ1) is 7.79. The first-order valence-electron chi connectivity index (χ1n) is 3.49. The van der Waals surface area contributed by atoms with Gasteiger partial charge >= 0.3 is 0 Å². The Morgan fingerprint density at radius 3 is 2.64 bits per heavy atom. The second-order valence-corrected chi connectivity index (χ2v) is 2.56. The van der Waals surface area contributed by atoms with Crippen LogP contribution in [0.25, 0.3) is 5.70 Å². The van der Waals surface area contributed by atoms with E-state index in [4.69, 9.17) is 0 Å². The van der Waals surface area contributed by atoms with E-state index in [-0.39, 0.29) is 0 Å². The molecule has 1 aromatic rings. The lowest BCUT2D eigenvalue weighted by Gasteiger charge is -2.14. The summed E-state index contributed by atoms with van der Waals surface area (Å²) in [5.41, 5.74) is 1.86. The van der Waals surface area contributed by atoms with Gasteiger partial charge in [0.1, 0.15) is 0 Å². The van der Waals surface area contributed by atoms with Crippen LogP contribution in [0.1, 0.15) is 5.69 Å². The van der Waals surface area contributed by atoms with E-state index in [0.717, 1.165) is 11.4 Å². The zero-order valence-corrected chi connectivity index (χ0v) is 6.91. The number of nitrogens with zero attached hydrogens (tertiary/aromatic N) is 2. The van der Waals surface area contributed by atoms with Crippen molar-refractivity contribution in [3.63, 3.8) is 0 Å². The summed E-state index contributed by atoms with van der Waals surface area (Å²) in [6.45, 7) is 3.89. The molecule has 0 radical (unpaired) electrons. The topological polar surface area (TPSA) is 16.1 Å². The van der Waals surface area contributed by atoms with Gasteiger partial charge in [-0.1, -0.05) is 12.6 Å². The highest BCUT2D eigenvalue weighted by Gasteiger charge is 1.98. The van der Waals surface area contributed by atoms with Crippen molar-refractivity contribution in [2.24, 2.45) is 0 Å². The minimum Gasteiger partial charge on any atom is -0.376 e. The fourth-order valence-corrected chi connectivity index (χ4v) is 0.763. The summed E-state index contributed by atoms with van der Waals surface area (Å²) < 4.78 is 0. The van der Waals surface area contributed by atoms with Crippen LogP contribution in [0.15, 0.2) is 31.0 Å². The van der Waals surface area contributed by atoms with Crippen LogP contribution in [0, 0.1) is 0 Å². The molecule has 0 aromatic carbocycles. The molecule has 0 atom stereocenters. The normalized spacial score (nSPS) is 9.27. The summed E-state index contributed by atoms with van der Waals surface area (Å²) >= 11 is 0. The summed E-state index contributed by atoms with van der Waals surface area (Å²) in [6.07, 6.45) is 1.77. The molecule has 0 fully saturated rings. The zero-order chi connectivity index (χ0) is 8.27. The maximum absolute atomic E-state index is 4.16. The van der Waals surface area contributed by atoms with Crippen LogP contribution in [-0.4, -0.2) is 24.0 Å². The van der Waals surface area contributed by atoms with Gasteiger partial charge in [-0.2, -0.15) is 0 Å². The van der Waals surface area contributed by atoms with Crippen LogP contribution in [-0.2, 0) is 0 Å². The molecular formula is C9H12N2. The van der Waals surface area contributed by atoms with Crippen LogP contribution in [0.2, 0.25) is 0 Å². The zero-order valence-electron chi connectivity index (χ0n) is 6.91. The molecule has 0 amide bonds. The Kier molecular flexibility index (Phi) is 2.26. The van der Waals surface area contributed by atoms with E-state index in [1.54, 1.807) is 6.20 Å². The second kappa shape index (κ2) is 3.19. The van der Waals surface area contributed by atoms with Crippen molar-refractivity contribution < 1.29 is 0 Å². The highest BCUT2D eigenvalue weighted by molar-refractivity contribution is 5.57. The van der Waals surface area contributed by atoms with E-state index in [2.05, 4.69) is 11.6 Å². The highest BCUT2D eigenvalue weighted by atomic mass is 15.1. The van der Waals surface area contributed by atoms with E-state index in [1.807, 2.05) is 37.2 Å². The van der Waals surface area contributed by atoms with Gasteiger partial charge in [0, 0.05) is 20.3 Å². The van der Waals surface area contributed by atoms with Crippen LogP contribution < -0.4 is 0 Å². The largest absolute Gasteiger partial charge is 0.376 e. The van der Waals surface area contributed by atoms with Crippen molar-refractivity contribution in [3.05, 3.63) is 36.7 Å². The molecule has 0 saturated carbocycles. The molecule has 0 aliphatic carbocycles. The molecule has 1 heterocycles. The molecule has 0 saturated heterocycles. The first-order valence-corrected chi connectivity index (χ1v) is 3.49. The molecule has 1 aromatic heterocycles. The molecule has 0 aliphatic rings. The third-order valence-corrected chi connectivity index (χ3v) is 1.50. The molecule has 1 rings (SSSR count). The number of rotatable bonds is 2. The smallest absolute Gasteiger partial charge is 0.0856 e. The Hall–Kier alpha value is -1.31. The molecule has 0 unspecified atom stereocenters. The van der Waals surface area contributed by atoms with Gasteiger partial charge in [-0.3, -0.25) is 4.98 Å². The predicted molar refractivity (Wildman–Crippen MR) is 47.0 cm³/mol. The molecule has 2 nitrogen and oxygen atoms in total. The summed E-state index contributed by atoms with van der Waals surface area (Å²) in [4.78, 5) is 6.11. The lowest BCUT2D eigenvalue weighted by Crippen LogP contribution is -2.09. The van der Waals surface area contributed by atoms with Crippen LogP contribution in [0.3, 0.4) is 0 Å². The lowest BCUT2D eigenvalue weighted by molar-refractivity contribution is 0.590. The van der Waals surface area contributed by atoms with Gasteiger partial charge < -0.3 is 4.90 Å².